The molecular weight excluding hydrogens is 786 g/mol. The minimum Gasteiger partial charge on any atom is -0.497 e. The molecule has 0 saturated heterocycles. The number of thioether (sulfide) groups is 4. The molecule has 0 radical (unpaired) electrons. The summed E-state index contributed by atoms with van der Waals surface area (Å²) in [6.45, 7) is 10.9. The van der Waals surface area contributed by atoms with Crippen LogP contribution in [0.4, 0.5) is 0 Å². The van der Waals surface area contributed by atoms with Gasteiger partial charge in [0.2, 0.25) is 0 Å². The second-order valence-electron chi connectivity index (χ2n) is 13.4. The van der Waals surface area contributed by atoms with Crippen LogP contribution in [0.25, 0.3) is 0 Å². The number of carbonyl (C=O) groups excluding carboxylic acids is 1. The van der Waals surface area contributed by atoms with E-state index in [1.54, 1.807) is 49.5 Å². The van der Waals surface area contributed by atoms with E-state index in [1.165, 1.54) is 16.0 Å². The van der Waals surface area contributed by atoms with E-state index in [0.29, 0.717) is 11.3 Å². The van der Waals surface area contributed by atoms with Crippen molar-refractivity contribution in [3.63, 3.8) is 0 Å². The monoisotopic (exact) mass is 835 g/mol. The lowest BCUT2D eigenvalue weighted by Crippen LogP contribution is -2.49. The maximum Gasteiger partial charge on any atom is 0.258 e. The van der Waals surface area contributed by atoms with Crippen molar-refractivity contribution in [1.82, 2.24) is 9.99 Å². The van der Waals surface area contributed by atoms with Gasteiger partial charge in [-0.25, -0.2) is 0 Å². The number of amides is 1. The number of ether oxygens (including phenoxy) is 3. The first-order valence-electron chi connectivity index (χ1n) is 18.3. The van der Waals surface area contributed by atoms with Crippen molar-refractivity contribution in [2.45, 2.75) is 77.3 Å². The highest BCUT2D eigenvalue weighted by molar-refractivity contribution is 8.33. The number of methoxy groups -OCH3 is 2. The Morgan fingerprint density at radius 3 is 1.91 bits per heavy atom. The minimum absolute atomic E-state index is 0.124. The largest absolute Gasteiger partial charge is 0.497 e. The summed E-state index contributed by atoms with van der Waals surface area (Å²) in [5.41, 5.74) is 1.64. The molecular formula is C42H50N3O5PS4. The number of hydrogen-bond donors (Lipinski definition) is 1. The lowest BCUT2D eigenvalue weighted by Gasteiger charge is -2.41. The summed E-state index contributed by atoms with van der Waals surface area (Å²) in [5, 5.41) is 18.8. The molecule has 2 aliphatic heterocycles. The van der Waals surface area contributed by atoms with Gasteiger partial charge in [0.1, 0.15) is 25.4 Å². The van der Waals surface area contributed by atoms with Crippen LogP contribution in [0.2, 0.25) is 0 Å². The first-order chi connectivity index (χ1) is 26.6. The van der Waals surface area contributed by atoms with Crippen LogP contribution < -0.4 is 14.8 Å². The Bertz CT molecular complexity index is 1780. The second kappa shape index (κ2) is 21.1. The number of nitrogens with zero attached hydrogens (tertiary/aromatic N) is 2. The Balaban J connectivity index is 1.55. The number of unbranched alkanes of at least 4 members (excludes halogenated alkanes) is 1. The van der Waals surface area contributed by atoms with E-state index in [4.69, 9.17) is 18.7 Å². The van der Waals surface area contributed by atoms with Crippen molar-refractivity contribution in [3.05, 3.63) is 125 Å². The zero-order valence-corrected chi connectivity index (χ0v) is 36.6. The van der Waals surface area contributed by atoms with Gasteiger partial charge in [-0.05, 0) is 98.2 Å². The molecule has 1 unspecified atom stereocenters. The molecule has 0 aromatic heterocycles. The molecule has 1 amide bonds. The standard InChI is InChI=1S/C42H50N3O5PS4/c1-29(2)45(30(3)4)51(24-12-11-23-43)50-31(5)37(44-39(46)38-28-54-41(55-38)40-52-25-26-53-40)27-49-42(32-13-9-8-10-14-32,33-15-19-35(47-6)20-16-33)34-17-21-36(48-7)22-18-34/h8-10,13-22,25-26,28-31,37H,11-12,24,27H2,1-7H3,(H,44,46)/t31-,37-,51?/m0/s1. The molecule has 3 aromatic rings. The summed E-state index contributed by atoms with van der Waals surface area (Å²) in [6.07, 6.45) is 1.49. The van der Waals surface area contributed by atoms with Gasteiger partial charge in [-0.1, -0.05) is 102 Å². The minimum atomic E-state index is -1.11. The van der Waals surface area contributed by atoms with E-state index in [0.717, 1.165) is 45.0 Å². The van der Waals surface area contributed by atoms with E-state index in [1.807, 2.05) is 79.1 Å². The first-order valence-corrected chi connectivity index (χ1v) is 23.1. The first kappa shape index (κ1) is 43.3. The highest BCUT2D eigenvalue weighted by Crippen LogP contribution is 2.53. The van der Waals surface area contributed by atoms with Crippen LogP contribution >= 0.6 is 55.3 Å². The summed E-state index contributed by atoms with van der Waals surface area (Å²) in [6, 6.07) is 28.2. The zero-order valence-electron chi connectivity index (χ0n) is 32.4. The van der Waals surface area contributed by atoms with Crippen molar-refractivity contribution in [2.75, 3.05) is 27.0 Å². The molecule has 2 heterocycles. The van der Waals surface area contributed by atoms with Gasteiger partial charge in [0.15, 0.2) is 0 Å². The van der Waals surface area contributed by atoms with Gasteiger partial charge in [-0.2, -0.15) is 5.26 Å². The van der Waals surface area contributed by atoms with Gasteiger partial charge < -0.3 is 24.1 Å². The predicted molar refractivity (Wildman–Crippen MR) is 234 cm³/mol. The number of nitriles is 1. The van der Waals surface area contributed by atoms with Gasteiger partial charge >= 0.3 is 0 Å². The van der Waals surface area contributed by atoms with Gasteiger partial charge in [-0.15, -0.1) is 0 Å². The van der Waals surface area contributed by atoms with Crippen LogP contribution in [0, 0.1) is 11.3 Å². The van der Waals surface area contributed by atoms with Gasteiger partial charge in [0.25, 0.3) is 5.91 Å². The molecule has 0 bridgehead atoms. The summed E-state index contributed by atoms with van der Waals surface area (Å²) in [7, 11) is 2.19. The molecule has 55 heavy (non-hydrogen) atoms. The molecule has 292 valence electrons. The van der Waals surface area contributed by atoms with Crippen molar-refractivity contribution >= 4 is 61.3 Å². The molecule has 3 atom stereocenters. The maximum atomic E-state index is 14.2. The van der Waals surface area contributed by atoms with E-state index >= 15 is 0 Å². The number of nitrogens with one attached hydrogen (secondary N) is 1. The fourth-order valence-electron chi connectivity index (χ4n) is 6.46. The number of benzene rings is 3. The predicted octanol–water partition coefficient (Wildman–Crippen LogP) is 11.0. The Hall–Kier alpha value is -2.85. The van der Waals surface area contributed by atoms with Crippen molar-refractivity contribution in [3.8, 4) is 17.6 Å². The molecule has 8 nitrogen and oxygen atoms in total. The fraction of sp³-hybridized carbons (Fsp3) is 0.381. The summed E-state index contributed by atoms with van der Waals surface area (Å²) >= 11 is 6.45. The third-order valence-corrected chi connectivity index (χ3v) is 16.8. The van der Waals surface area contributed by atoms with Gasteiger partial charge in [0, 0.05) is 24.7 Å². The zero-order chi connectivity index (χ0) is 39.4. The van der Waals surface area contributed by atoms with Crippen LogP contribution in [0.5, 0.6) is 11.5 Å². The Kier molecular flexibility index (Phi) is 16.6. The number of hydrogen-bond acceptors (Lipinski definition) is 11. The average molecular weight is 836 g/mol. The fourth-order valence-corrected chi connectivity index (χ4v) is 13.2. The average Bonchev–Trinajstić information content (AvgIpc) is 3.92. The lowest BCUT2D eigenvalue weighted by atomic mass is 9.80. The Morgan fingerprint density at radius 1 is 0.818 bits per heavy atom. The molecule has 2 aliphatic rings. The third-order valence-electron chi connectivity index (χ3n) is 9.05. The van der Waals surface area contributed by atoms with Crippen molar-refractivity contribution < 1.29 is 23.5 Å². The second-order valence-corrected chi connectivity index (χ2v) is 19.5. The number of rotatable bonds is 19. The maximum absolute atomic E-state index is 14.2. The van der Waals surface area contributed by atoms with Crippen LogP contribution in [0.15, 0.2) is 108 Å². The Morgan fingerprint density at radius 2 is 1.38 bits per heavy atom. The third kappa shape index (κ3) is 11.0. The molecule has 13 heteroatoms. The smallest absolute Gasteiger partial charge is 0.258 e. The topological polar surface area (TPSA) is 93.1 Å². The summed E-state index contributed by atoms with van der Waals surface area (Å²) in [4.78, 5) is 14.8. The lowest BCUT2D eigenvalue weighted by molar-refractivity contribution is -0.119. The van der Waals surface area contributed by atoms with Crippen molar-refractivity contribution in [1.29, 1.82) is 5.26 Å². The van der Waals surface area contributed by atoms with E-state index in [2.05, 4.69) is 66.7 Å². The van der Waals surface area contributed by atoms with Gasteiger partial charge in [-0.3, -0.25) is 9.46 Å². The molecule has 0 fully saturated rings. The van der Waals surface area contributed by atoms with E-state index in [9.17, 15) is 10.1 Å². The SMILES string of the molecule is COc1ccc(C(OC[C@H](NC(=O)C2=CSC(=C3SC=CS3)S2)[C@H](C)OP(CCCC#N)N(C(C)C)C(C)C)(c2ccccc2)c2ccc(OC)cc2)cc1. The van der Waals surface area contributed by atoms with Crippen LogP contribution in [0.3, 0.4) is 0 Å². The van der Waals surface area contributed by atoms with Crippen LogP contribution in [-0.4, -0.2) is 61.8 Å². The normalized spacial score (nSPS) is 16.0. The molecule has 0 spiro atoms. The highest BCUT2D eigenvalue weighted by atomic mass is 32.2. The van der Waals surface area contributed by atoms with Crippen LogP contribution in [-0.2, 0) is 19.7 Å². The summed E-state index contributed by atoms with van der Waals surface area (Å²) in [5.74, 6) is 1.30. The van der Waals surface area contributed by atoms with Crippen LogP contribution in [0.1, 0.15) is 64.2 Å². The molecule has 3 aromatic carbocycles. The van der Waals surface area contributed by atoms with E-state index < -0.39 is 26.0 Å². The van der Waals surface area contributed by atoms with E-state index in [-0.39, 0.29) is 24.6 Å². The molecule has 0 saturated carbocycles. The number of carbonyl (C=O) groups is 1. The van der Waals surface area contributed by atoms with Crippen molar-refractivity contribution in [2.24, 2.45) is 0 Å². The Labute approximate surface area is 345 Å². The summed E-state index contributed by atoms with van der Waals surface area (Å²) < 4.78 is 30.2. The van der Waals surface area contributed by atoms with Gasteiger partial charge in [0.05, 0.1) is 52.4 Å². The molecule has 5 rings (SSSR count). The molecule has 0 aliphatic carbocycles. The quantitative estimate of drug-likeness (QED) is 0.0711. The highest BCUT2D eigenvalue weighted by Gasteiger charge is 2.40. The molecule has 1 N–H and O–H groups in total.